The van der Waals surface area contributed by atoms with Gasteiger partial charge in [-0.05, 0) is 72.5 Å². The molecular formula is C30H24ClN3O3S. The third kappa shape index (κ3) is 5.04. The number of imidazole rings is 1. The van der Waals surface area contributed by atoms with Gasteiger partial charge < -0.3 is 0 Å². The van der Waals surface area contributed by atoms with Crippen LogP contribution in [0.15, 0.2) is 97.6 Å². The average molecular weight is 542 g/mol. The van der Waals surface area contributed by atoms with Crippen molar-refractivity contribution >= 4 is 51.6 Å². The van der Waals surface area contributed by atoms with E-state index in [2.05, 4.69) is 23.7 Å². The van der Waals surface area contributed by atoms with Gasteiger partial charge in [0, 0.05) is 5.56 Å². The van der Waals surface area contributed by atoms with Gasteiger partial charge in [-0.25, -0.2) is 13.5 Å². The topological polar surface area (TPSA) is 75.4 Å². The number of nitrogens with zero attached hydrogens (tertiary/aromatic N) is 3. The lowest BCUT2D eigenvalue weighted by Crippen LogP contribution is -2.32. The van der Waals surface area contributed by atoms with Crippen LogP contribution in [-0.2, 0) is 17.7 Å². The van der Waals surface area contributed by atoms with Crippen LogP contribution in [0.4, 0.5) is 5.69 Å². The molecular weight excluding hydrogens is 518 g/mol. The molecule has 190 valence electrons. The fourth-order valence-electron chi connectivity index (χ4n) is 4.45. The summed E-state index contributed by atoms with van der Waals surface area (Å²) in [6.07, 6.45) is 2.41. The largest absolute Gasteiger partial charge is 0.295 e. The van der Waals surface area contributed by atoms with Crippen molar-refractivity contribution in [3.8, 4) is 5.69 Å². The molecule has 1 amide bonds. The zero-order valence-corrected chi connectivity index (χ0v) is 22.1. The van der Waals surface area contributed by atoms with Gasteiger partial charge in [-0.1, -0.05) is 72.8 Å². The van der Waals surface area contributed by atoms with Crippen molar-refractivity contribution in [1.29, 1.82) is 0 Å². The molecule has 38 heavy (non-hydrogen) atoms. The minimum absolute atomic E-state index is 0.241. The molecule has 1 N–H and O–H groups in total. The number of hydrogen-bond donors (Lipinski definition) is 1. The second-order valence-corrected chi connectivity index (χ2v) is 10.0. The second-order valence-electron chi connectivity index (χ2n) is 8.77. The van der Waals surface area contributed by atoms with E-state index in [1.54, 1.807) is 48.5 Å². The molecule has 1 aromatic heterocycles. The van der Waals surface area contributed by atoms with E-state index in [-0.39, 0.29) is 5.56 Å². The quantitative estimate of drug-likeness (QED) is 0.225. The molecule has 0 aliphatic carbocycles. The molecule has 1 heterocycles. The fourth-order valence-corrected chi connectivity index (χ4v) is 5.28. The van der Waals surface area contributed by atoms with Crippen LogP contribution in [0.2, 0.25) is 5.02 Å². The maximum atomic E-state index is 13.4. The van der Waals surface area contributed by atoms with Crippen molar-refractivity contribution in [3.63, 3.8) is 0 Å². The van der Waals surface area contributed by atoms with Gasteiger partial charge in [0.25, 0.3) is 17.2 Å². The van der Waals surface area contributed by atoms with Crippen LogP contribution in [0.3, 0.4) is 0 Å². The molecule has 0 saturated heterocycles. The van der Waals surface area contributed by atoms with E-state index in [4.69, 9.17) is 11.6 Å². The maximum Gasteiger partial charge on any atom is 0.272 e. The SMILES string of the molecule is C=Cc1ccc(N(C(=O)c2ccc3nc(C)n(-c4ccc(Cc5ccccc5)cc4Cl)c3c2)S(=O)O)cc1. The number of carbonyl (C=O) groups excluding carboxylic acids is 1. The summed E-state index contributed by atoms with van der Waals surface area (Å²) in [6.45, 7) is 5.58. The molecule has 6 nitrogen and oxygen atoms in total. The van der Waals surface area contributed by atoms with Crippen molar-refractivity contribution in [2.24, 2.45) is 0 Å². The highest BCUT2D eigenvalue weighted by molar-refractivity contribution is 7.81. The van der Waals surface area contributed by atoms with Crippen LogP contribution in [0.25, 0.3) is 22.8 Å². The van der Waals surface area contributed by atoms with Crippen molar-refractivity contribution in [2.45, 2.75) is 13.3 Å². The number of aromatic nitrogens is 2. The summed E-state index contributed by atoms with van der Waals surface area (Å²) in [4.78, 5) is 18.1. The predicted molar refractivity (Wildman–Crippen MR) is 154 cm³/mol. The molecule has 0 spiro atoms. The molecule has 0 bridgehead atoms. The van der Waals surface area contributed by atoms with E-state index in [1.807, 2.05) is 47.9 Å². The second kappa shape index (κ2) is 10.8. The van der Waals surface area contributed by atoms with E-state index in [0.29, 0.717) is 27.6 Å². The normalized spacial score (nSPS) is 11.9. The van der Waals surface area contributed by atoms with Gasteiger partial charge in [0.1, 0.15) is 5.82 Å². The van der Waals surface area contributed by atoms with Crippen molar-refractivity contribution in [3.05, 3.63) is 131 Å². The molecule has 4 aromatic carbocycles. The van der Waals surface area contributed by atoms with Crippen molar-refractivity contribution in [2.75, 3.05) is 4.31 Å². The van der Waals surface area contributed by atoms with Crippen LogP contribution in [0.1, 0.15) is 32.9 Å². The highest BCUT2D eigenvalue weighted by Gasteiger charge is 2.24. The zero-order chi connectivity index (χ0) is 26.8. The fraction of sp³-hybridized carbons (Fsp3) is 0.0667. The summed E-state index contributed by atoms with van der Waals surface area (Å²) in [5.74, 6) is 0.0821. The summed E-state index contributed by atoms with van der Waals surface area (Å²) in [5, 5.41) is 0.554. The Labute approximate surface area is 228 Å². The summed E-state index contributed by atoms with van der Waals surface area (Å²) < 4.78 is 24.9. The third-order valence-corrected chi connectivity index (χ3v) is 7.27. The third-order valence-electron chi connectivity index (χ3n) is 6.28. The van der Waals surface area contributed by atoms with Crippen LogP contribution in [0, 0.1) is 6.92 Å². The first-order valence-electron chi connectivity index (χ1n) is 11.9. The van der Waals surface area contributed by atoms with Crippen molar-refractivity contribution in [1.82, 2.24) is 9.55 Å². The number of rotatable bonds is 7. The molecule has 0 aliphatic heterocycles. The van der Waals surface area contributed by atoms with E-state index < -0.39 is 17.2 Å². The first-order chi connectivity index (χ1) is 18.4. The van der Waals surface area contributed by atoms with E-state index in [1.165, 1.54) is 5.56 Å². The van der Waals surface area contributed by atoms with Crippen LogP contribution < -0.4 is 4.31 Å². The summed E-state index contributed by atoms with van der Waals surface area (Å²) in [7, 11) is 0. The Morgan fingerprint density at radius 2 is 1.76 bits per heavy atom. The number of fused-ring (bicyclic) bond motifs is 1. The Hall–Kier alpha value is -4.04. The predicted octanol–water partition coefficient (Wildman–Crippen LogP) is 7.00. The first-order valence-corrected chi connectivity index (χ1v) is 13.3. The van der Waals surface area contributed by atoms with E-state index >= 15 is 0 Å². The summed E-state index contributed by atoms with van der Waals surface area (Å²) >= 11 is 4.18. The van der Waals surface area contributed by atoms with Gasteiger partial charge in [-0.2, -0.15) is 0 Å². The van der Waals surface area contributed by atoms with Gasteiger partial charge in [0.2, 0.25) is 0 Å². The molecule has 0 saturated carbocycles. The highest BCUT2D eigenvalue weighted by atomic mass is 35.5. The molecule has 0 radical (unpaired) electrons. The standard InChI is InChI=1S/C30H24ClN3O3S/c1-3-21-9-13-25(14-10-21)34(38(36)37)30(35)24-12-15-27-29(19-24)33(20(2)32-27)28-16-11-23(18-26(28)31)17-22-7-5-4-6-8-22/h3-16,18-19H,1,17H2,2H3,(H,36,37). The van der Waals surface area contributed by atoms with E-state index in [0.717, 1.165) is 27.5 Å². The minimum Gasteiger partial charge on any atom is -0.295 e. The number of benzene rings is 4. The summed E-state index contributed by atoms with van der Waals surface area (Å²) in [5.41, 5.74) is 5.70. The molecule has 1 unspecified atom stereocenters. The molecule has 5 aromatic rings. The highest BCUT2D eigenvalue weighted by Crippen LogP contribution is 2.30. The molecule has 5 rings (SSSR count). The zero-order valence-electron chi connectivity index (χ0n) is 20.5. The number of anilines is 1. The number of hydrogen-bond acceptors (Lipinski definition) is 3. The lowest BCUT2D eigenvalue weighted by Gasteiger charge is -2.18. The number of carbonyl (C=O) groups is 1. The first kappa shape index (κ1) is 25.6. The maximum absolute atomic E-state index is 13.4. The van der Waals surface area contributed by atoms with Gasteiger partial charge in [0.15, 0.2) is 0 Å². The molecule has 0 aliphatic rings. The number of aryl methyl sites for hydroxylation is 1. The Morgan fingerprint density at radius 1 is 1.03 bits per heavy atom. The Bertz CT molecular complexity index is 1680. The van der Waals surface area contributed by atoms with Crippen LogP contribution in [-0.4, -0.2) is 24.2 Å². The lowest BCUT2D eigenvalue weighted by atomic mass is 10.0. The van der Waals surface area contributed by atoms with Crippen molar-refractivity contribution < 1.29 is 13.6 Å². The lowest BCUT2D eigenvalue weighted by molar-refractivity contribution is 0.100. The Kier molecular flexibility index (Phi) is 7.24. The molecule has 8 heteroatoms. The minimum atomic E-state index is -2.57. The van der Waals surface area contributed by atoms with Crippen LogP contribution >= 0.6 is 11.6 Å². The van der Waals surface area contributed by atoms with Gasteiger partial charge in [0.05, 0.1) is 27.4 Å². The van der Waals surface area contributed by atoms with Gasteiger partial charge in [-0.15, -0.1) is 0 Å². The summed E-state index contributed by atoms with van der Waals surface area (Å²) in [6, 6.07) is 27.7. The smallest absolute Gasteiger partial charge is 0.272 e. The van der Waals surface area contributed by atoms with Gasteiger partial charge >= 0.3 is 0 Å². The monoisotopic (exact) mass is 541 g/mol. The Balaban J connectivity index is 1.52. The molecule has 1 atom stereocenters. The van der Waals surface area contributed by atoms with Crippen LogP contribution in [0.5, 0.6) is 0 Å². The van der Waals surface area contributed by atoms with Gasteiger partial charge in [-0.3, -0.25) is 13.9 Å². The van der Waals surface area contributed by atoms with E-state index in [9.17, 15) is 13.6 Å². The number of halogens is 1. The average Bonchev–Trinajstić information content (AvgIpc) is 3.24. The number of amides is 1. The Morgan fingerprint density at radius 3 is 2.42 bits per heavy atom. The molecule has 0 fully saturated rings.